The molecule has 1 unspecified atom stereocenters. The summed E-state index contributed by atoms with van der Waals surface area (Å²) < 4.78 is 23.6. The number of sulfone groups is 1. The van der Waals surface area contributed by atoms with E-state index < -0.39 is 9.84 Å². The second kappa shape index (κ2) is 8.02. The molecule has 0 amide bonds. The summed E-state index contributed by atoms with van der Waals surface area (Å²) in [5, 5.41) is 3.43. The summed E-state index contributed by atoms with van der Waals surface area (Å²) in [4.78, 5) is 0. The van der Waals surface area contributed by atoms with Gasteiger partial charge < -0.3 is 5.32 Å². The quantitative estimate of drug-likeness (QED) is 0.786. The van der Waals surface area contributed by atoms with E-state index in [1.165, 1.54) is 11.8 Å². The van der Waals surface area contributed by atoms with Gasteiger partial charge in [0.2, 0.25) is 0 Å². The van der Waals surface area contributed by atoms with Crippen LogP contribution in [0.3, 0.4) is 0 Å². The monoisotopic (exact) mass is 347 g/mol. The van der Waals surface area contributed by atoms with Gasteiger partial charge in [0.25, 0.3) is 0 Å². The fourth-order valence-electron chi connectivity index (χ4n) is 1.89. The Bertz CT molecular complexity index is 471. The Hall–Kier alpha value is -0.390. The number of benzene rings is 1. The third kappa shape index (κ3) is 7.70. The first kappa shape index (κ1) is 16.7. The molecule has 0 aliphatic carbocycles. The minimum atomic E-state index is -2.89. The second-order valence-electron chi connectivity index (χ2n) is 4.90. The van der Waals surface area contributed by atoms with E-state index in [-0.39, 0.29) is 11.8 Å². The first-order valence-corrected chi connectivity index (χ1v) is 9.41. The van der Waals surface area contributed by atoms with Crippen LogP contribution in [0.25, 0.3) is 0 Å². The molecule has 0 saturated heterocycles. The Morgan fingerprint density at radius 2 is 1.89 bits per heavy atom. The van der Waals surface area contributed by atoms with Crippen molar-refractivity contribution in [3.8, 4) is 0 Å². The summed E-state index contributed by atoms with van der Waals surface area (Å²) in [5.74, 6) is 0.241. The van der Waals surface area contributed by atoms with Crippen molar-refractivity contribution in [3.63, 3.8) is 0 Å². The smallest absolute Gasteiger partial charge is 0.147 e. The van der Waals surface area contributed by atoms with Gasteiger partial charge in [-0.2, -0.15) is 0 Å². The maximum Gasteiger partial charge on any atom is 0.147 e. The number of hydrogen-bond donors (Lipinski definition) is 1. The number of halogens is 1. The van der Waals surface area contributed by atoms with Crippen LogP contribution in [-0.4, -0.2) is 33.0 Å². The van der Waals surface area contributed by atoms with Crippen molar-refractivity contribution >= 4 is 25.8 Å². The van der Waals surface area contributed by atoms with Crippen LogP contribution in [0.1, 0.15) is 25.3 Å². The topological polar surface area (TPSA) is 46.2 Å². The molecule has 0 fully saturated rings. The third-order valence-corrected chi connectivity index (χ3v) is 4.42. The maximum absolute atomic E-state index is 11.3. The highest BCUT2D eigenvalue weighted by Crippen LogP contribution is 2.13. The average Bonchev–Trinajstić information content (AvgIpc) is 2.34. The van der Waals surface area contributed by atoms with E-state index in [9.17, 15) is 8.42 Å². The van der Waals surface area contributed by atoms with Crippen LogP contribution in [0.2, 0.25) is 0 Å². The van der Waals surface area contributed by atoms with E-state index in [4.69, 9.17) is 0 Å². The first-order chi connectivity index (χ1) is 8.90. The molecule has 0 saturated carbocycles. The zero-order chi connectivity index (χ0) is 14.3. The summed E-state index contributed by atoms with van der Waals surface area (Å²) in [7, 11) is -2.89. The highest BCUT2D eigenvalue weighted by atomic mass is 79.9. The Kier molecular flexibility index (Phi) is 7.04. The van der Waals surface area contributed by atoms with Gasteiger partial charge >= 0.3 is 0 Å². The van der Waals surface area contributed by atoms with E-state index in [0.29, 0.717) is 6.42 Å². The lowest BCUT2D eigenvalue weighted by Crippen LogP contribution is -2.33. The van der Waals surface area contributed by atoms with Crippen molar-refractivity contribution in [2.24, 2.45) is 0 Å². The zero-order valence-electron chi connectivity index (χ0n) is 11.5. The summed E-state index contributed by atoms with van der Waals surface area (Å²) in [6.45, 7) is 3.03. The molecule has 19 heavy (non-hydrogen) atoms. The van der Waals surface area contributed by atoms with Gasteiger partial charge in [0.15, 0.2) is 0 Å². The van der Waals surface area contributed by atoms with Crippen molar-refractivity contribution in [1.82, 2.24) is 5.32 Å². The molecule has 1 rings (SSSR count). The van der Waals surface area contributed by atoms with Crippen LogP contribution in [0.5, 0.6) is 0 Å². The number of hydrogen-bond acceptors (Lipinski definition) is 3. The van der Waals surface area contributed by atoms with Crippen LogP contribution in [0.4, 0.5) is 0 Å². The lowest BCUT2D eigenvalue weighted by Gasteiger charge is -2.18. The fourth-order valence-corrected chi connectivity index (χ4v) is 2.86. The summed E-state index contributed by atoms with van der Waals surface area (Å²) in [5.41, 5.74) is 1.23. The van der Waals surface area contributed by atoms with Crippen molar-refractivity contribution in [3.05, 3.63) is 34.3 Å². The van der Waals surface area contributed by atoms with Crippen molar-refractivity contribution < 1.29 is 8.42 Å². The van der Waals surface area contributed by atoms with Crippen LogP contribution >= 0.6 is 15.9 Å². The predicted molar refractivity (Wildman–Crippen MR) is 84.3 cm³/mol. The SMILES string of the molecule is CCCNC(CCS(C)(=O)=O)Cc1ccc(Br)cc1. The summed E-state index contributed by atoms with van der Waals surface area (Å²) in [6.07, 6.45) is 3.87. The molecule has 0 aromatic heterocycles. The van der Waals surface area contributed by atoms with Gasteiger partial charge in [0, 0.05) is 16.8 Å². The molecule has 0 heterocycles. The zero-order valence-corrected chi connectivity index (χ0v) is 13.9. The molecule has 1 atom stereocenters. The molecule has 5 heteroatoms. The van der Waals surface area contributed by atoms with E-state index in [1.54, 1.807) is 0 Å². The molecule has 0 aliphatic heterocycles. The van der Waals surface area contributed by atoms with Crippen molar-refractivity contribution in [1.29, 1.82) is 0 Å². The van der Waals surface area contributed by atoms with Gasteiger partial charge in [-0.1, -0.05) is 35.0 Å². The van der Waals surface area contributed by atoms with Crippen LogP contribution < -0.4 is 5.32 Å². The molecule has 108 valence electrons. The maximum atomic E-state index is 11.3. The van der Waals surface area contributed by atoms with E-state index in [2.05, 4.69) is 40.3 Å². The predicted octanol–water partition coefficient (Wildman–Crippen LogP) is 2.79. The molecule has 1 aromatic rings. The van der Waals surface area contributed by atoms with Gasteiger partial charge in [0.1, 0.15) is 9.84 Å². The number of rotatable bonds is 8. The Morgan fingerprint density at radius 1 is 1.26 bits per heavy atom. The molecule has 1 aromatic carbocycles. The molecule has 0 radical (unpaired) electrons. The van der Waals surface area contributed by atoms with Crippen LogP contribution in [0.15, 0.2) is 28.7 Å². The fraction of sp³-hybridized carbons (Fsp3) is 0.571. The highest BCUT2D eigenvalue weighted by Gasteiger charge is 2.12. The van der Waals surface area contributed by atoms with E-state index in [1.807, 2.05) is 12.1 Å². The van der Waals surface area contributed by atoms with Crippen molar-refractivity contribution in [2.45, 2.75) is 32.2 Å². The molecule has 1 N–H and O–H groups in total. The largest absolute Gasteiger partial charge is 0.314 e. The average molecular weight is 348 g/mol. The molecule has 3 nitrogen and oxygen atoms in total. The Morgan fingerprint density at radius 3 is 2.42 bits per heavy atom. The van der Waals surface area contributed by atoms with Crippen LogP contribution in [0, 0.1) is 0 Å². The second-order valence-corrected chi connectivity index (χ2v) is 8.08. The third-order valence-electron chi connectivity index (χ3n) is 2.92. The number of nitrogens with one attached hydrogen (secondary N) is 1. The van der Waals surface area contributed by atoms with E-state index in [0.717, 1.165) is 23.9 Å². The van der Waals surface area contributed by atoms with Crippen molar-refractivity contribution in [2.75, 3.05) is 18.6 Å². The Balaban J connectivity index is 2.60. The molecule has 0 spiro atoms. The van der Waals surface area contributed by atoms with Gasteiger partial charge in [-0.05, 0) is 43.5 Å². The minimum Gasteiger partial charge on any atom is -0.314 e. The lowest BCUT2D eigenvalue weighted by atomic mass is 10.0. The molecule has 0 aliphatic rings. The first-order valence-electron chi connectivity index (χ1n) is 6.56. The highest BCUT2D eigenvalue weighted by molar-refractivity contribution is 9.10. The molecular weight excluding hydrogens is 326 g/mol. The van der Waals surface area contributed by atoms with Gasteiger partial charge in [-0.3, -0.25) is 0 Å². The Labute approximate surface area is 124 Å². The summed E-state index contributed by atoms with van der Waals surface area (Å²) >= 11 is 3.42. The lowest BCUT2D eigenvalue weighted by molar-refractivity contribution is 0.491. The minimum absolute atomic E-state index is 0.218. The van der Waals surface area contributed by atoms with Gasteiger partial charge in [0.05, 0.1) is 5.75 Å². The van der Waals surface area contributed by atoms with Crippen LogP contribution in [-0.2, 0) is 16.3 Å². The van der Waals surface area contributed by atoms with E-state index >= 15 is 0 Å². The van der Waals surface area contributed by atoms with Gasteiger partial charge in [-0.25, -0.2) is 8.42 Å². The standard InChI is InChI=1S/C14H22BrNO2S/c1-3-9-16-14(8-10-19(2,17)18)11-12-4-6-13(15)7-5-12/h4-7,14,16H,3,8-11H2,1-2H3. The molecule has 0 bridgehead atoms. The summed E-state index contributed by atoms with van der Waals surface area (Å²) in [6, 6.07) is 8.40. The molecular formula is C14H22BrNO2S. The van der Waals surface area contributed by atoms with Gasteiger partial charge in [-0.15, -0.1) is 0 Å². The normalized spacial score (nSPS) is 13.4.